The van der Waals surface area contributed by atoms with Gasteiger partial charge < -0.3 is 11.1 Å². The van der Waals surface area contributed by atoms with Crippen LogP contribution in [0.25, 0.3) is 0 Å². The van der Waals surface area contributed by atoms with Crippen LogP contribution >= 0.6 is 0 Å². The number of aromatic nitrogens is 2. The fourth-order valence-corrected chi connectivity index (χ4v) is 1.53. The van der Waals surface area contributed by atoms with Crippen molar-refractivity contribution in [3.63, 3.8) is 0 Å². The largest absolute Gasteiger partial charge is 0.351 e. The van der Waals surface area contributed by atoms with Gasteiger partial charge in [0.1, 0.15) is 0 Å². The summed E-state index contributed by atoms with van der Waals surface area (Å²) in [6.07, 6.45) is 3.45. The molecule has 1 atom stereocenters. The number of hydrogen-bond acceptors (Lipinski definition) is 3. The molecule has 16 heavy (non-hydrogen) atoms. The molecule has 5 heteroatoms. The Hall–Kier alpha value is -1.36. The van der Waals surface area contributed by atoms with Gasteiger partial charge in [0.05, 0.1) is 11.7 Å². The van der Waals surface area contributed by atoms with Gasteiger partial charge in [-0.3, -0.25) is 9.48 Å². The number of hydrogen-bond donors (Lipinski definition) is 2. The highest BCUT2D eigenvalue weighted by molar-refractivity contribution is 5.81. The Morgan fingerprint density at radius 2 is 2.31 bits per heavy atom. The molecule has 0 aromatic carbocycles. The normalized spacial score (nSPS) is 12.5. The van der Waals surface area contributed by atoms with E-state index in [2.05, 4.69) is 10.4 Å². The highest BCUT2D eigenvalue weighted by atomic mass is 16.2. The second-order valence-corrected chi connectivity index (χ2v) is 3.86. The van der Waals surface area contributed by atoms with Gasteiger partial charge in [-0.1, -0.05) is 13.8 Å². The molecule has 0 saturated heterocycles. The lowest BCUT2D eigenvalue weighted by Crippen LogP contribution is -2.39. The monoisotopic (exact) mass is 224 g/mol. The zero-order chi connectivity index (χ0) is 12.1. The smallest absolute Gasteiger partial charge is 0.237 e. The van der Waals surface area contributed by atoms with Crippen LogP contribution in [0.4, 0.5) is 0 Å². The Morgan fingerprint density at radius 3 is 2.88 bits per heavy atom. The summed E-state index contributed by atoms with van der Waals surface area (Å²) in [5, 5.41) is 7.13. The molecule has 0 radical (unpaired) electrons. The third kappa shape index (κ3) is 3.06. The Kier molecular flexibility index (Phi) is 4.49. The van der Waals surface area contributed by atoms with Crippen molar-refractivity contribution in [1.82, 2.24) is 15.1 Å². The average molecular weight is 224 g/mol. The van der Waals surface area contributed by atoms with Gasteiger partial charge in [0.15, 0.2) is 0 Å². The molecule has 1 aromatic heterocycles. The quantitative estimate of drug-likeness (QED) is 0.757. The molecule has 1 heterocycles. The first-order chi connectivity index (χ1) is 7.58. The van der Waals surface area contributed by atoms with Crippen molar-refractivity contribution in [3.8, 4) is 0 Å². The number of amides is 1. The minimum Gasteiger partial charge on any atom is -0.351 e. The molecule has 0 saturated carbocycles. The lowest BCUT2D eigenvalue weighted by molar-refractivity contribution is -0.122. The van der Waals surface area contributed by atoms with Crippen molar-refractivity contribution in [2.24, 2.45) is 12.8 Å². The van der Waals surface area contributed by atoms with E-state index in [0.717, 1.165) is 17.7 Å². The summed E-state index contributed by atoms with van der Waals surface area (Å²) in [4.78, 5) is 11.5. The van der Waals surface area contributed by atoms with E-state index in [9.17, 15) is 4.79 Å². The predicted molar refractivity (Wildman–Crippen MR) is 62.7 cm³/mol. The first kappa shape index (κ1) is 12.7. The van der Waals surface area contributed by atoms with E-state index >= 15 is 0 Å². The number of carbonyl (C=O) groups is 1. The third-order valence-electron chi connectivity index (χ3n) is 2.56. The fraction of sp³-hybridized carbons (Fsp3) is 0.636. The number of nitrogens with one attached hydrogen (secondary N) is 1. The summed E-state index contributed by atoms with van der Waals surface area (Å²) in [6.45, 7) is 4.45. The molecule has 1 aromatic rings. The zero-order valence-electron chi connectivity index (χ0n) is 10.2. The van der Waals surface area contributed by atoms with Crippen molar-refractivity contribution < 1.29 is 4.79 Å². The van der Waals surface area contributed by atoms with Crippen LogP contribution in [0.3, 0.4) is 0 Å². The summed E-state index contributed by atoms with van der Waals surface area (Å²) in [6, 6.07) is -0.415. The molecule has 0 aliphatic carbocycles. The fourth-order valence-electron chi connectivity index (χ4n) is 1.53. The first-order valence-electron chi connectivity index (χ1n) is 5.63. The summed E-state index contributed by atoms with van der Waals surface area (Å²) >= 11 is 0. The average Bonchev–Trinajstić information content (AvgIpc) is 2.65. The lowest BCUT2D eigenvalue weighted by Gasteiger charge is -2.09. The number of rotatable bonds is 5. The Labute approximate surface area is 96.0 Å². The minimum atomic E-state index is -0.415. The topological polar surface area (TPSA) is 72.9 Å². The van der Waals surface area contributed by atoms with Crippen LogP contribution in [0.15, 0.2) is 6.20 Å². The highest BCUT2D eigenvalue weighted by Gasteiger charge is 2.12. The number of aryl methyl sites for hydroxylation is 2. The van der Waals surface area contributed by atoms with E-state index in [1.165, 1.54) is 0 Å². The van der Waals surface area contributed by atoms with E-state index < -0.39 is 6.04 Å². The Bertz CT molecular complexity index is 359. The van der Waals surface area contributed by atoms with Crippen molar-refractivity contribution >= 4 is 5.91 Å². The van der Waals surface area contributed by atoms with Gasteiger partial charge in [0.25, 0.3) is 0 Å². The molecule has 0 aliphatic heterocycles. The molecule has 0 aliphatic rings. The lowest BCUT2D eigenvalue weighted by atomic mass is 10.2. The van der Waals surface area contributed by atoms with Crippen molar-refractivity contribution in [2.75, 3.05) is 0 Å². The Morgan fingerprint density at radius 1 is 1.62 bits per heavy atom. The van der Waals surface area contributed by atoms with Crippen molar-refractivity contribution in [2.45, 2.75) is 39.3 Å². The molecule has 1 amide bonds. The van der Waals surface area contributed by atoms with E-state index in [1.54, 1.807) is 4.68 Å². The summed E-state index contributed by atoms with van der Waals surface area (Å²) in [5.41, 5.74) is 7.70. The van der Waals surface area contributed by atoms with Gasteiger partial charge >= 0.3 is 0 Å². The number of nitrogens with zero attached hydrogens (tertiary/aromatic N) is 2. The maximum Gasteiger partial charge on any atom is 0.237 e. The SMILES string of the molecule is CCc1nn(C)cc1CNC(=O)C(N)CC. The second-order valence-electron chi connectivity index (χ2n) is 3.86. The van der Waals surface area contributed by atoms with E-state index in [4.69, 9.17) is 5.73 Å². The van der Waals surface area contributed by atoms with Gasteiger partial charge in [0, 0.05) is 25.4 Å². The number of carbonyl (C=O) groups excluding carboxylic acids is 1. The van der Waals surface area contributed by atoms with Crippen LogP contribution in [0.5, 0.6) is 0 Å². The van der Waals surface area contributed by atoms with Gasteiger partial charge in [-0.05, 0) is 12.8 Å². The molecule has 0 spiro atoms. The van der Waals surface area contributed by atoms with Gasteiger partial charge in [-0.25, -0.2) is 0 Å². The van der Waals surface area contributed by atoms with E-state index in [-0.39, 0.29) is 5.91 Å². The molecule has 3 N–H and O–H groups in total. The van der Waals surface area contributed by atoms with Gasteiger partial charge in [-0.2, -0.15) is 5.10 Å². The zero-order valence-corrected chi connectivity index (χ0v) is 10.2. The van der Waals surface area contributed by atoms with Crippen molar-refractivity contribution in [1.29, 1.82) is 0 Å². The maximum absolute atomic E-state index is 11.5. The predicted octanol–water partition coefficient (Wildman–Crippen LogP) is 0.336. The number of nitrogens with two attached hydrogens (primary N) is 1. The van der Waals surface area contributed by atoms with Crippen LogP contribution < -0.4 is 11.1 Å². The molecular weight excluding hydrogens is 204 g/mol. The summed E-state index contributed by atoms with van der Waals surface area (Å²) in [7, 11) is 1.88. The van der Waals surface area contributed by atoms with Gasteiger partial charge in [-0.15, -0.1) is 0 Å². The molecule has 1 rings (SSSR count). The molecule has 0 bridgehead atoms. The van der Waals surface area contributed by atoms with Crippen molar-refractivity contribution in [3.05, 3.63) is 17.5 Å². The molecule has 0 fully saturated rings. The van der Waals surface area contributed by atoms with E-state index in [1.807, 2.05) is 27.1 Å². The molecular formula is C11H20N4O. The second kappa shape index (κ2) is 5.65. The third-order valence-corrected chi connectivity index (χ3v) is 2.56. The van der Waals surface area contributed by atoms with E-state index in [0.29, 0.717) is 13.0 Å². The van der Waals surface area contributed by atoms with Crippen LogP contribution in [0, 0.1) is 0 Å². The molecule has 90 valence electrons. The van der Waals surface area contributed by atoms with Crippen LogP contribution in [0.2, 0.25) is 0 Å². The maximum atomic E-state index is 11.5. The van der Waals surface area contributed by atoms with Gasteiger partial charge in [0.2, 0.25) is 5.91 Å². The highest BCUT2D eigenvalue weighted by Crippen LogP contribution is 2.06. The molecule has 5 nitrogen and oxygen atoms in total. The van der Waals surface area contributed by atoms with Crippen LogP contribution in [0.1, 0.15) is 31.5 Å². The Balaban J connectivity index is 2.57. The standard InChI is InChI=1S/C11H20N4O/c1-4-9(12)11(16)13-6-8-7-15(3)14-10(8)5-2/h7,9H,4-6,12H2,1-3H3,(H,13,16). The minimum absolute atomic E-state index is 0.103. The first-order valence-corrected chi connectivity index (χ1v) is 5.63. The van der Waals surface area contributed by atoms with Crippen LogP contribution in [-0.4, -0.2) is 21.7 Å². The summed E-state index contributed by atoms with van der Waals surface area (Å²) in [5.74, 6) is -0.103. The van der Waals surface area contributed by atoms with Crippen LogP contribution in [-0.2, 0) is 24.8 Å². The summed E-state index contributed by atoms with van der Waals surface area (Å²) < 4.78 is 1.76. The molecule has 1 unspecified atom stereocenters.